The highest BCUT2D eigenvalue weighted by atomic mass is 35.5. The summed E-state index contributed by atoms with van der Waals surface area (Å²) >= 11 is 6.03. The molecule has 25 heavy (non-hydrogen) atoms. The van der Waals surface area contributed by atoms with Crippen LogP contribution in [0.4, 0.5) is 0 Å². The Morgan fingerprint density at radius 2 is 1.92 bits per heavy atom. The van der Waals surface area contributed by atoms with Crippen LogP contribution in [-0.2, 0) is 0 Å². The molecular formula is C19H19ClN4O. The molecule has 3 aromatic rings. The number of nitrogens with zero attached hydrogens (tertiary/aromatic N) is 2. The highest BCUT2D eigenvalue weighted by molar-refractivity contribution is 6.30. The van der Waals surface area contributed by atoms with E-state index in [9.17, 15) is 0 Å². The maximum atomic E-state index is 6.03. The van der Waals surface area contributed by atoms with Gasteiger partial charge in [-0.3, -0.25) is 0 Å². The van der Waals surface area contributed by atoms with Gasteiger partial charge in [0.2, 0.25) is 11.7 Å². The van der Waals surface area contributed by atoms with Crippen molar-refractivity contribution in [3.8, 4) is 11.4 Å². The van der Waals surface area contributed by atoms with Crippen LogP contribution in [0, 0.1) is 13.8 Å². The summed E-state index contributed by atoms with van der Waals surface area (Å²) in [5.41, 5.74) is 11.3. The van der Waals surface area contributed by atoms with Crippen molar-refractivity contribution in [2.45, 2.75) is 32.4 Å². The third-order valence-corrected chi connectivity index (χ3v) is 4.77. The molecule has 5 nitrogen and oxygen atoms in total. The molecule has 2 aromatic carbocycles. The molecule has 6 heteroatoms. The molecule has 0 amide bonds. The largest absolute Gasteiger partial charge is 0.337 e. The first-order valence-corrected chi connectivity index (χ1v) is 8.66. The Kier molecular flexibility index (Phi) is 4.29. The molecule has 2 unspecified atom stereocenters. The van der Waals surface area contributed by atoms with E-state index in [1.54, 1.807) is 0 Å². The number of nitrogens with one attached hydrogen (secondary N) is 2. The van der Waals surface area contributed by atoms with E-state index in [-0.39, 0.29) is 12.1 Å². The molecule has 128 valence electrons. The predicted molar refractivity (Wildman–Crippen MR) is 97.0 cm³/mol. The van der Waals surface area contributed by atoms with Gasteiger partial charge in [0.15, 0.2) is 0 Å². The fourth-order valence-electron chi connectivity index (χ4n) is 3.18. The van der Waals surface area contributed by atoms with E-state index in [0.29, 0.717) is 16.7 Å². The van der Waals surface area contributed by atoms with Gasteiger partial charge in [0.1, 0.15) is 6.04 Å². The number of halogens is 1. The minimum atomic E-state index is -0.0228. The van der Waals surface area contributed by atoms with Crippen molar-refractivity contribution in [2.75, 3.05) is 0 Å². The number of aryl methyl sites for hydroxylation is 2. The van der Waals surface area contributed by atoms with Gasteiger partial charge < -0.3 is 4.52 Å². The molecule has 4 rings (SSSR count). The van der Waals surface area contributed by atoms with Crippen molar-refractivity contribution in [3.63, 3.8) is 0 Å². The topological polar surface area (TPSA) is 63.0 Å². The lowest BCUT2D eigenvalue weighted by molar-refractivity contribution is 0.340. The van der Waals surface area contributed by atoms with Gasteiger partial charge in [-0.15, -0.1) is 0 Å². The Balaban J connectivity index is 1.54. The van der Waals surface area contributed by atoms with E-state index in [0.717, 1.165) is 12.0 Å². The van der Waals surface area contributed by atoms with E-state index in [2.05, 4.69) is 53.0 Å². The Hall–Kier alpha value is -2.21. The van der Waals surface area contributed by atoms with Gasteiger partial charge in [0.05, 0.1) is 0 Å². The summed E-state index contributed by atoms with van der Waals surface area (Å²) < 4.78 is 5.47. The van der Waals surface area contributed by atoms with Crippen LogP contribution >= 0.6 is 11.6 Å². The molecule has 2 heterocycles. The third-order valence-electron chi connectivity index (χ3n) is 4.54. The molecule has 0 radical (unpaired) electrons. The van der Waals surface area contributed by atoms with E-state index < -0.39 is 0 Å². The van der Waals surface area contributed by atoms with Gasteiger partial charge in [-0.05, 0) is 43.5 Å². The van der Waals surface area contributed by atoms with Crippen LogP contribution in [0.2, 0.25) is 5.02 Å². The second kappa shape index (κ2) is 6.59. The molecule has 2 N–H and O–H groups in total. The summed E-state index contributed by atoms with van der Waals surface area (Å²) in [5, 5.41) is 4.74. The normalized spacial score (nSPS) is 20.1. The molecule has 1 aliphatic rings. The van der Waals surface area contributed by atoms with Crippen LogP contribution in [-0.4, -0.2) is 10.1 Å². The summed E-state index contributed by atoms with van der Waals surface area (Å²) in [5.74, 6) is 1.13. The number of aromatic nitrogens is 2. The monoisotopic (exact) mass is 354 g/mol. The quantitative estimate of drug-likeness (QED) is 0.734. The van der Waals surface area contributed by atoms with Crippen molar-refractivity contribution >= 4 is 11.6 Å². The maximum absolute atomic E-state index is 6.03. The number of hydrogen-bond acceptors (Lipinski definition) is 5. The molecule has 1 fully saturated rings. The van der Waals surface area contributed by atoms with Crippen molar-refractivity contribution in [3.05, 3.63) is 70.1 Å². The summed E-state index contributed by atoms with van der Waals surface area (Å²) in [6.45, 7) is 4.24. The van der Waals surface area contributed by atoms with Crippen LogP contribution in [0.3, 0.4) is 0 Å². The number of rotatable bonds is 3. The smallest absolute Gasteiger partial charge is 0.245 e. The molecular weight excluding hydrogens is 336 g/mol. The predicted octanol–water partition coefficient (Wildman–Crippen LogP) is 4.29. The lowest BCUT2D eigenvalue weighted by Crippen LogP contribution is -2.27. The van der Waals surface area contributed by atoms with Crippen LogP contribution in [0.5, 0.6) is 0 Å². The Morgan fingerprint density at radius 1 is 1.08 bits per heavy atom. The van der Waals surface area contributed by atoms with Crippen LogP contribution < -0.4 is 10.9 Å². The SMILES string of the molecule is Cc1ccc(C)c(C2CC(c3nc(-c4cccc(Cl)c4)no3)NN2)c1. The van der Waals surface area contributed by atoms with Gasteiger partial charge in [-0.2, -0.15) is 4.98 Å². The summed E-state index contributed by atoms with van der Waals surface area (Å²) in [7, 11) is 0. The first-order valence-electron chi connectivity index (χ1n) is 8.28. The Morgan fingerprint density at radius 3 is 2.76 bits per heavy atom. The molecule has 1 saturated heterocycles. The molecule has 0 saturated carbocycles. The van der Waals surface area contributed by atoms with E-state index >= 15 is 0 Å². The minimum Gasteiger partial charge on any atom is -0.337 e. The summed E-state index contributed by atoms with van der Waals surface area (Å²) in [4.78, 5) is 4.53. The maximum Gasteiger partial charge on any atom is 0.245 e. The van der Waals surface area contributed by atoms with E-state index in [4.69, 9.17) is 16.1 Å². The second-order valence-electron chi connectivity index (χ2n) is 6.46. The van der Waals surface area contributed by atoms with Gasteiger partial charge in [0.25, 0.3) is 0 Å². The van der Waals surface area contributed by atoms with Crippen LogP contribution in [0.25, 0.3) is 11.4 Å². The minimum absolute atomic E-state index is 0.0228. The Bertz CT molecular complexity index is 908. The second-order valence-corrected chi connectivity index (χ2v) is 6.89. The average Bonchev–Trinajstić information content (AvgIpc) is 3.26. The first kappa shape index (κ1) is 16.3. The zero-order chi connectivity index (χ0) is 17.4. The number of hydrazine groups is 1. The molecule has 0 spiro atoms. The molecule has 1 aromatic heterocycles. The zero-order valence-corrected chi connectivity index (χ0v) is 14.8. The zero-order valence-electron chi connectivity index (χ0n) is 14.1. The lowest BCUT2D eigenvalue weighted by Gasteiger charge is -2.13. The summed E-state index contributed by atoms with van der Waals surface area (Å²) in [6, 6.07) is 14.1. The average molecular weight is 355 g/mol. The van der Waals surface area contributed by atoms with Gasteiger partial charge in [-0.1, -0.05) is 52.7 Å². The van der Waals surface area contributed by atoms with Gasteiger partial charge in [-0.25, -0.2) is 10.9 Å². The standard InChI is InChI=1S/C19H19ClN4O/c1-11-6-7-12(2)15(8-11)16-10-17(23-22-16)19-21-18(24-25-19)13-4-3-5-14(20)9-13/h3-9,16-17,22-23H,10H2,1-2H3. The summed E-state index contributed by atoms with van der Waals surface area (Å²) in [6.07, 6.45) is 0.849. The van der Waals surface area contributed by atoms with E-state index in [1.165, 1.54) is 16.7 Å². The van der Waals surface area contributed by atoms with Crippen LogP contribution in [0.15, 0.2) is 47.0 Å². The highest BCUT2D eigenvalue weighted by Crippen LogP contribution is 2.32. The fraction of sp³-hybridized carbons (Fsp3) is 0.263. The highest BCUT2D eigenvalue weighted by Gasteiger charge is 2.31. The molecule has 1 aliphatic heterocycles. The van der Waals surface area contributed by atoms with Crippen molar-refractivity contribution < 1.29 is 4.52 Å². The van der Waals surface area contributed by atoms with Crippen LogP contribution in [0.1, 0.15) is 41.1 Å². The van der Waals surface area contributed by atoms with Crippen molar-refractivity contribution in [1.29, 1.82) is 0 Å². The Labute approximate surface area is 151 Å². The molecule has 0 bridgehead atoms. The molecule has 2 atom stereocenters. The van der Waals surface area contributed by atoms with Gasteiger partial charge in [0, 0.05) is 16.6 Å². The number of benzene rings is 2. The van der Waals surface area contributed by atoms with Crippen molar-refractivity contribution in [1.82, 2.24) is 21.0 Å². The van der Waals surface area contributed by atoms with Crippen molar-refractivity contribution in [2.24, 2.45) is 0 Å². The lowest BCUT2D eigenvalue weighted by atomic mass is 9.96. The van der Waals surface area contributed by atoms with E-state index in [1.807, 2.05) is 24.3 Å². The van der Waals surface area contributed by atoms with Gasteiger partial charge >= 0.3 is 0 Å². The fourth-order valence-corrected chi connectivity index (χ4v) is 3.37. The first-order chi connectivity index (χ1) is 12.1. The third kappa shape index (κ3) is 3.31. The number of hydrogen-bond donors (Lipinski definition) is 2. The molecule has 0 aliphatic carbocycles.